The maximum atomic E-state index is 14.2. The van der Waals surface area contributed by atoms with Crippen LogP contribution in [0.25, 0.3) is 22.3 Å². The Bertz CT molecular complexity index is 1910. The lowest BCUT2D eigenvalue weighted by Gasteiger charge is -2.20. The number of fused-ring (bicyclic) bond motifs is 3. The number of hydrogen-bond acceptors (Lipinski definition) is 9. The zero-order valence-electron chi connectivity index (χ0n) is 28.4. The van der Waals surface area contributed by atoms with E-state index in [1.807, 2.05) is 37.4 Å². The van der Waals surface area contributed by atoms with E-state index in [9.17, 15) is 19.2 Å². The number of carbonyl (C=O) groups is 4. The summed E-state index contributed by atoms with van der Waals surface area (Å²) in [5.41, 5.74) is 4.19. The molecule has 0 saturated carbocycles. The van der Waals surface area contributed by atoms with Crippen LogP contribution in [0.2, 0.25) is 0 Å². The van der Waals surface area contributed by atoms with E-state index in [0.29, 0.717) is 42.1 Å². The van der Waals surface area contributed by atoms with Gasteiger partial charge in [0.2, 0.25) is 0 Å². The first-order valence-electron chi connectivity index (χ1n) is 16.0. The number of anilines is 1. The van der Waals surface area contributed by atoms with Crippen LogP contribution < -0.4 is 20.7 Å². The minimum absolute atomic E-state index is 0.0504. The summed E-state index contributed by atoms with van der Waals surface area (Å²) < 4.78 is 16.6. The van der Waals surface area contributed by atoms with Gasteiger partial charge in [0.25, 0.3) is 11.8 Å². The summed E-state index contributed by atoms with van der Waals surface area (Å²) >= 11 is 1.63. The van der Waals surface area contributed by atoms with Crippen LogP contribution in [0.5, 0.6) is 5.75 Å². The Morgan fingerprint density at radius 1 is 0.939 bits per heavy atom. The molecule has 12 heteroatoms. The van der Waals surface area contributed by atoms with Gasteiger partial charge in [-0.05, 0) is 92.6 Å². The van der Waals surface area contributed by atoms with Crippen LogP contribution in [0.3, 0.4) is 0 Å². The van der Waals surface area contributed by atoms with E-state index in [-0.39, 0.29) is 23.5 Å². The summed E-state index contributed by atoms with van der Waals surface area (Å²) in [6, 6.07) is 14.1. The molecule has 1 aliphatic rings. The molecular weight excluding hydrogens is 644 g/mol. The lowest BCUT2D eigenvalue weighted by Crippen LogP contribution is -2.32. The quantitative estimate of drug-likeness (QED) is 0.161. The van der Waals surface area contributed by atoms with Crippen LogP contribution in [0, 0.1) is 6.92 Å². The summed E-state index contributed by atoms with van der Waals surface area (Å²) in [6.07, 6.45) is 0.924. The van der Waals surface area contributed by atoms with Crippen molar-refractivity contribution >= 4 is 40.9 Å². The molecule has 0 bridgehead atoms. The maximum absolute atomic E-state index is 14.2. The van der Waals surface area contributed by atoms with Crippen molar-refractivity contribution in [1.82, 2.24) is 15.6 Å². The molecule has 49 heavy (non-hydrogen) atoms. The molecule has 1 aliphatic heterocycles. The molecule has 3 heterocycles. The third-order valence-corrected chi connectivity index (χ3v) is 8.67. The number of ether oxygens (including phenoxy) is 3. The van der Waals surface area contributed by atoms with Crippen LogP contribution in [0.1, 0.15) is 81.5 Å². The number of nitrogens with one attached hydrogen (secondary N) is 3. The smallest absolute Gasteiger partial charge is 0.407 e. The molecule has 2 aromatic heterocycles. The molecule has 3 amide bonds. The van der Waals surface area contributed by atoms with Crippen molar-refractivity contribution in [1.29, 1.82) is 0 Å². The molecule has 0 aliphatic carbocycles. The Labute approximate surface area is 289 Å². The topological polar surface area (TPSA) is 145 Å². The number of aryl methyl sites for hydroxylation is 1. The molecule has 0 unspecified atom stereocenters. The summed E-state index contributed by atoms with van der Waals surface area (Å²) in [7, 11) is 1.24. The average molecular weight is 685 g/mol. The Morgan fingerprint density at radius 3 is 2.45 bits per heavy atom. The third kappa shape index (κ3) is 8.26. The van der Waals surface area contributed by atoms with Gasteiger partial charge in [-0.2, -0.15) is 0 Å². The molecule has 11 nitrogen and oxygen atoms in total. The number of nitrogens with zero attached hydrogens (tertiary/aromatic N) is 1. The normalized spacial score (nSPS) is 12.0. The summed E-state index contributed by atoms with van der Waals surface area (Å²) in [6.45, 7) is 10.3. The Hall–Kier alpha value is -5.23. The Morgan fingerprint density at radius 2 is 1.73 bits per heavy atom. The third-order valence-electron chi connectivity index (χ3n) is 7.69. The summed E-state index contributed by atoms with van der Waals surface area (Å²) in [4.78, 5) is 57.8. The van der Waals surface area contributed by atoms with Crippen molar-refractivity contribution in [2.75, 3.05) is 25.6 Å². The number of carbonyl (C=O) groups excluding carboxylic acids is 4. The second-order valence-electron chi connectivity index (χ2n) is 12.5. The van der Waals surface area contributed by atoms with Crippen LogP contribution in [-0.4, -0.2) is 54.7 Å². The fraction of sp³-hybridized carbons (Fsp3) is 0.324. The molecule has 0 atom stereocenters. The van der Waals surface area contributed by atoms with Gasteiger partial charge in [0.05, 0.1) is 13.7 Å². The van der Waals surface area contributed by atoms with Crippen LogP contribution in [0.4, 0.5) is 10.5 Å². The van der Waals surface area contributed by atoms with E-state index >= 15 is 0 Å². The number of pyridine rings is 1. The first-order chi connectivity index (χ1) is 23.4. The molecular formula is C37H40N4O7S. The highest BCUT2D eigenvalue weighted by molar-refractivity contribution is 7.10. The Balaban J connectivity index is 1.54. The van der Waals surface area contributed by atoms with Gasteiger partial charge in [0.15, 0.2) is 5.69 Å². The molecule has 4 aromatic rings. The fourth-order valence-corrected chi connectivity index (χ4v) is 6.26. The molecule has 3 N–H and O–H groups in total. The van der Waals surface area contributed by atoms with E-state index in [1.165, 1.54) is 13.2 Å². The second kappa shape index (κ2) is 14.9. The van der Waals surface area contributed by atoms with E-state index in [1.54, 1.807) is 56.4 Å². The van der Waals surface area contributed by atoms with Gasteiger partial charge < -0.3 is 30.2 Å². The molecule has 0 saturated heterocycles. The highest BCUT2D eigenvalue weighted by Gasteiger charge is 2.27. The van der Waals surface area contributed by atoms with E-state index < -0.39 is 29.5 Å². The number of benzene rings is 2. The van der Waals surface area contributed by atoms with Crippen molar-refractivity contribution in [3.8, 4) is 28.0 Å². The Kier molecular flexibility index (Phi) is 10.7. The zero-order valence-corrected chi connectivity index (χ0v) is 29.3. The average Bonchev–Trinajstić information content (AvgIpc) is 3.47. The van der Waals surface area contributed by atoms with Crippen molar-refractivity contribution in [3.05, 3.63) is 86.9 Å². The fourth-order valence-electron chi connectivity index (χ4n) is 5.39. The predicted octanol–water partition coefficient (Wildman–Crippen LogP) is 6.92. The minimum Gasteiger partial charge on any atom is -0.493 e. The minimum atomic E-state index is -0.756. The number of thiophene rings is 1. The van der Waals surface area contributed by atoms with Crippen molar-refractivity contribution in [2.24, 2.45) is 0 Å². The number of methoxy groups -OCH3 is 1. The first-order valence-corrected chi connectivity index (χ1v) is 16.9. The zero-order chi connectivity index (χ0) is 35.3. The number of amides is 3. The number of esters is 1. The standard InChI is InChI=1S/C37H40N4O7S/c1-7-14-38-34(43)29-11-9-24(32(40-29)35(44)46-6)25-19-30-26(23-13-16-49-31(23)12-15-47-30)18-27(25)33(42)41-28-10-8-22(17-21(28)2)20-39-36(45)48-37(3,4)5/h8-11,13,16-19H,7,12,14-15,20H2,1-6H3,(H,38,43)(H,39,45)(H,41,42). The molecule has 0 radical (unpaired) electrons. The van der Waals surface area contributed by atoms with Crippen molar-refractivity contribution < 1.29 is 33.4 Å². The summed E-state index contributed by atoms with van der Waals surface area (Å²) in [5.74, 6) is -1.05. The van der Waals surface area contributed by atoms with Gasteiger partial charge in [0.1, 0.15) is 17.0 Å². The lowest BCUT2D eigenvalue weighted by atomic mass is 9.92. The largest absolute Gasteiger partial charge is 0.493 e. The van der Waals surface area contributed by atoms with Crippen LogP contribution in [-0.2, 0) is 22.4 Å². The molecule has 2 aromatic carbocycles. The summed E-state index contributed by atoms with van der Waals surface area (Å²) in [5, 5.41) is 10.6. The second-order valence-corrected chi connectivity index (χ2v) is 13.5. The highest BCUT2D eigenvalue weighted by Crippen LogP contribution is 2.42. The highest BCUT2D eigenvalue weighted by atomic mass is 32.1. The number of rotatable bonds is 9. The van der Waals surface area contributed by atoms with Gasteiger partial charge in [-0.1, -0.05) is 19.1 Å². The van der Waals surface area contributed by atoms with Crippen molar-refractivity contribution in [3.63, 3.8) is 0 Å². The monoisotopic (exact) mass is 684 g/mol. The maximum Gasteiger partial charge on any atom is 0.407 e. The number of aromatic nitrogens is 1. The van der Waals surface area contributed by atoms with Crippen LogP contribution >= 0.6 is 11.3 Å². The molecule has 0 fully saturated rings. The molecule has 256 valence electrons. The van der Waals surface area contributed by atoms with Crippen molar-refractivity contribution in [2.45, 2.75) is 59.6 Å². The first kappa shape index (κ1) is 35.1. The lowest BCUT2D eigenvalue weighted by molar-refractivity contribution is 0.0522. The number of alkyl carbamates (subject to hydrolysis) is 1. The SMILES string of the molecule is CCCNC(=O)c1ccc(-c2cc3c(cc2C(=O)Nc2ccc(CNC(=O)OC(C)(C)C)cc2C)-c2ccsc2CCO3)c(C(=O)OC)n1. The van der Waals surface area contributed by atoms with E-state index in [2.05, 4.69) is 20.9 Å². The molecule has 0 spiro atoms. The number of hydrogen-bond donors (Lipinski definition) is 3. The van der Waals surface area contributed by atoms with Crippen LogP contribution in [0.15, 0.2) is 53.9 Å². The molecule has 5 rings (SSSR count). The van der Waals surface area contributed by atoms with E-state index in [0.717, 1.165) is 33.6 Å². The van der Waals surface area contributed by atoms with E-state index in [4.69, 9.17) is 14.2 Å². The van der Waals surface area contributed by atoms with Gasteiger partial charge in [-0.3, -0.25) is 9.59 Å². The predicted molar refractivity (Wildman–Crippen MR) is 188 cm³/mol. The van der Waals surface area contributed by atoms with Gasteiger partial charge >= 0.3 is 12.1 Å². The van der Waals surface area contributed by atoms with Gasteiger partial charge in [0, 0.05) is 52.3 Å². The van der Waals surface area contributed by atoms with Gasteiger partial charge in [-0.15, -0.1) is 11.3 Å². The van der Waals surface area contributed by atoms with Gasteiger partial charge in [-0.25, -0.2) is 14.6 Å².